The van der Waals surface area contributed by atoms with Gasteiger partial charge in [0.1, 0.15) is 5.75 Å². The lowest BCUT2D eigenvalue weighted by Gasteiger charge is -2.06. The Kier molecular flexibility index (Phi) is 3.72. The van der Waals surface area contributed by atoms with Crippen LogP contribution in [0.5, 0.6) is 11.8 Å². The fourth-order valence-electron chi connectivity index (χ4n) is 1.52. The molecule has 2 N–H and O–H groups in total. The first-order valence-electron chi connectivity index (χ1n) is 5.54. The fourth-order valence-corrected chi connectivity index (χ4v) is 1.52. The number of aliphatic hydroxyl groups is 1. The molecule has 1 aromatic heterocycles. The fraction of sp³-hybridized carbons (Fsp3) is 0.154. The molecule has 6 nitrogen and oxygen atoms in total. The van der Waals surface area contributed by atoms with Crippen molar-refractivity contribution in [1.82, 2.24) is 9.97 Å². The van der Waals surface area contributed by atoms with Gasteiger partial charge in [-0.1, -0.05) is 12.1 Å². The third-order valence-electron chi connectivity index (χ3n) is 2.48. The van der Waals surface area contributed by atoms with E-state index in [0.717, 1.165) is 0 Å². The number of carbonyl (C=O) groups is 1. The highest BCUT2D eigenvalue weighted by molar-refractivity contribution is 5.88. The molecular weight excluding hydrogens is 248 g/mol. The van der Waals surface area contributed by atoms with Crippen molar-refractivity contribution in [2.24, 2.45) is 0 Å². The third-order valence-corrected chi connectivity index (χ3v) is 2.48. The zero-order valence-corrected chi connectivity index (χ0v) is 10.2. The van der Waals surface area contributed by atoms with Crippen LogP contribution in [0.1, 0.15) is 21.6 Å². The van der Waals surface area contributed by atoms with Crippen LogP contribution in [-0.4, -0.2) is 26.2 Å². The van der Waals surface area contributed by atoms with Crippen molar-refractivity contribution in [2.45, 2.75) is 13.5 Å². The number of carboxylic acids is 1. The van der Waals surface area contributed by atoms with E-state index < -0.39 is 5.97 Å². The molecule has 98 valence electrons. The second-order valence-corrected chi connectivity index (χ2v) is 3.86. The van der Waals surface area contributed by atoms with Crippen LogP contribution in [0.15, 0.2) is 30.5 Å². The summed E-state index contributed by atoms with van der Waals surface area (Å²) in [5.41, 5.74) is 1.07. The van der Waals surface area contributed by atoms with E-state index in [1.807, 2.05) is 0 Å². The molecule has 19 heavy (non-hydrogen) atoms. The van der Waals surface area contributed by atoms with Crippen molar-refractivity contribution in [1.29, 1.82) is 0 Å². The van der Waals surface area contributed by atoms with Crippen LogP contribution in [0, 0.1) is 6.92 Å². The minimum absolute atomic E-state index is 0.0384. The molecule has 6 heteroatoms. The molecule has 0 unspecified atom stereocenters. The van der Waals surface area contributed by atoms with Crippen molar-refractivity contribution < 1.29 is 19.7 Å². The number of hydrogen-bond acceptors (Lipinski definition) is 5. The lowest BCUT2D eigenvalue weighted by Crippen LogP contribution is -2.04. The molecule has 0 fully saturated rings. The Morgan fingerprint density at radius 2 is 2.21 bits per heavy atom. The summed E-state index contributed by atoms with van der Waals surface area (Å²) < 4.78 is 5.41. The summed E-state index contributed by atoms with van der Waals surface area (Å²) in [4.78, 5) is 18.6. The van der Waals surface area contributed by atoms with E-state index in [2.05, 4.69) is 9.97 Å². The van der Waals surface area contributed by atoms with Crippen molar-refractivity contribution in [3.8, 4) is 11.8 Å². The van der Waals surface area contributed by atoms with Gasteiger partial charge >= 0.3 is 12.0 Å². The van der Waals surface area contributed by atoms with E-state index in [1.54, 1.807) is 31.2 Å². The zero-order chi connectivity index (χ0) is 13.8. The number of hydrogen-bond donors (Lipinski definition) is 2. The quantitative estimate of drug-likeness (QED) is 0.870. The van der Waals surface area contributed by atoms with Gasteiger partial charge in [0.2, 0.25) is 0 Å². The van der Waals surface area contributed by atoms with Crippen LogP contribution in [0.25, 0.3) is 0 Å². The molecule has 0 saturated carbocycles. The van der Waals surface area contributed by atoms with E-state index in [4.69, 9.17) is 14.9 Å². The SMILES string of the molecule is Cc1nc(Oc2cccc(CO)c2)ncc1C(=O)O. The summed E-state index contributed by atoms with van der Waals surface area (Å²) in [5, 5.41) is 17.9. The van der Waals surface area contributed by atoms with E-state index >= 15 is 0 Å². The van der Waals surface area contributed by atoms with Gasteiger partial charge in [-0.25, -0.2) is 9.78 Å². The molecule has 0 amide bonds. The standard InChI is InChI=1S/C13H12N2O4/c1-8-11(12(17)18)6-14-13(15-8)19-10-4-2-3-9(5-10)7-16/h2-6,16H,7H2,1H3,(H,17,18). The lowest BCUT2D eigenvalue weighted by molar-refractivity contribution is 0.0695. The van der Waals surface area contributed by atoms with Gasteiger partial charge in [0, 0.05) is 6.20 Å². The molecule has 0 aliphatic carbocycles. The summed E-state index contributed by atoms with van der Waals surface area (Å²) in [7, 11) is 0. The molecule has 2 aromatic rings. The van der Waals surface area contributed by atoms with Crippen LogP contribution in [0.2, 0.25) is 0 Å². The molecule has 0 spiro atoms. The number of rotatable bonds is 4. The Hall–Kier alpha value is -2.47. The number of nitrogens with zero attached hydrogens (tertiary/aromatic N) is 2. The highest BCUT2D eigenvalue weighted by Crippen LogP contribution is 2.19. The van der Waals surface area contributed by atoms with Gasteiger partial charge in [-0.05, 0) is 24.6 Å². The Morgan fingerprint density at radius 1 is 1.42 bits per heavy atom. The number of aromatic nitrogens is 2. The summed E-state index contributed by atoms with van der Waals surface area (Å²) in [6, 6.07) is 6.91. The van der Waals surface area contributed by atoms with Crippen LogP contribution >= 0.6 is 0 Å². The van der Waals surface area contributed by atoms with Gasteiger partial charge in [0.25, 0.3) is 0 Å². The zero-order valence-electron chi connectivity index (χ0n) is 10.2. The molecule has 0 atom stereocenters. The predicted molar refractivity (Wildman–Crippen MR) is 66.2 cm³/mol. The summed E-state index contributed by atoms with van der Waals surface area (Å²) >= 11 is 0. The minimum atomic E-state index is -1.08. The van der Waals surface area contributed by atoms with E-state index in [1.165, 1.54) is 6.20 Å². The van der Waals surface area contributed by atoms with Crippen LogP contribution in [-0.2, 0) is 6.61 Å². The second kappa shape index (κ2) is 5.45. The Bertz CT molecular complexity index is 613. The molecule has 0 radical (unpaired) electrons. The van der Waals surface area contributed by atoms with Crippen LogP contribution in [0.4, 0.5) is 0 Å². The predicted octanol–water partition coefficient (Wildman–Crippen LogP) is 1.77. The maximum atomic E-state index is 10.8. The normalized spacial score (nSPS) is 10.2. The van der Waals surface area contributed by atoms with Crippen LogP contribution < -0.4 is 4.74 Å². The first-order chi connectivity index (χ1) is 9.10. The molecule has 0 saturated heterocycles. The lowest BCUT2D eigenvalue weighted by atomic mass is 10.2. The van der Waals surface area contributed by atoms with Crippen LogP contribution in [0.3, 0.4) is 0 Å². The van der Waals surface area contributed by atoms with Crippen molar-refractivity contribution in [3.63, 3.8) is 0 Å². The number of carboxylic acid groups (broad SMARTS) is 1. The van der Waals surface area contributed by atoms with Gasteiger partial charge in [0.05, 0.1) is 17.9 Å². The summed E-state index contributed by atoms with van der Waals surface area (Å²) in [5.74, 6) is -0.597. The largest absolute Gasteiger partial charge is 0.478 e. The number of aromatic carboxylic acids is 1. The van der Waals surface area contributed by atoms with Gasteiger partial charge in [-0.2, -0.15) is 4.98 Å². The number of aryl methyl sites for hydroxylation is 1. The molecule has 1 heterocycles. The summed E-state index contributed by atoms with van der Waals surface area (Å²) in [6.45, 7) is 1.48. The maximum Gasteiger partial charge on any atom is 0.339 e. The molecule has 2 rings (SSSR count). The van der Waals surface area contributed by atoms with Crippen molar-refractivity contribution in [2.75, 3.05) is 0 Å². The third kappa shape index (κ3) is 3.05. The van der Waals surface area contributed by atoms with E-state index in [9.17, 15) is 4.79 Å². The highest BCUT2D eigenvalue weighted by atomic mass is 16.5. The van der Waals surface area contributed by atoms with Crippen molar-refractivity contribution in [3.05, 3.63) is 47.3 Å². The van der Waals surface area contributed by atoms with Gasteiger partial charge < -0.3 is 14.9 Å². The number of ether oxygens (including phenoxy) is 1. The Morgan fingerprint density at radius 3 is 2.84 bits per heavy atom. The highest BCUT2D eigenvalue weighted by Gasteiger charge is 2.11. The topological polar surface area (TPSA) is 92.5 Å². The first kappa shape index (κ1) is 13.0. The molecule has 1 aromatic carbocycles. The van der Waals surface area contributed by atoms with E-state index in [0.29, 0.717) is 17.0 Å². The van der Waals surface area contributed by atoms with Crippen molar-refractivity contribution >= 4 is 5.97 Å². The van der Waals surface area contributed by atoms with Gasteiger partial charge in [-0.15, -0.1) is 0 Å². The molecule has 0 bridgehead atoms. The molecule has 0 aliphatic rings. The van der Waals surface area contributed by atoms with Gasteiger partial charge in [0.15, 0.2) is 0 Å². The molecular formula is C13H12N2O4. The second-order valence-electron chi connectivity index (χ2n) is 3.86. The van der Waals surface area contributed by atoms with E-state index in [-0.39, 0.29) is 18.2 Å². The Labute approximate surface area is 109 Å². The average Bonchev–Trinajstić information content (AvgIpc) is 2.38. The summed E-state index contributed by atoms with van der Waals surface area (Å²) in [6.07, 6.45) is 1.20. The average molecular weight is 260 g/mol. The minimum Gasteiger partial charge on any atom is -0.478 e. The first-order valence-corrected chi connectivity index (χ1v) is 5.54. The number of aliphatic hydroxyl groups excluding tert-OH is 1. The Balaban J connectivity index is 2.23. The monoisotopic (exact) mass is 260 g/mol. The smallest absolute Gasteiger partial charge is 0.339 e. The number of benzene rings is 1. The molecule has 0 aliphatic heterocycles. The maximum absolute atomic E-state index is 10.8. The van der Waals surface area contributed by atoms with Gasteiger partial charge in [-0.3, -0.25) is 0 Å².